The number of ether oxygens (including phenoxy) is 1. The normalized spacial score (nSPS) is 17.9. The highest BCUT2D eigenvalue weighted by Crippen LogP contribution is 2.13. The maximum absolute atomic E-state index is 12.5. The van der Waals surface area contributed by atoms with Crippen LogP contribution in [-0.2, 0) is 19.7 Å². The van der Waals surface area contributed by atoms with E-state index >= 15 is 0 Å². The summed E-state index contributed by atoms with van der Waals surface area (Å²) < 4.78 is 32.4. The van der Waals surface area contributed by atoms with E-state index in [2.05, 4.69) is 5.32 Å². The van der Waals surface area contributed by atoms with Crippen molar-refractivity contribution in [1.29, 1.82) is 0 Å². The van der Waals surface area contributed by atoms with Crippen molar-refractivity contribution in [3.8, 4) is 0 Å². The van der Waals surface area contributed by atoms with E-state index in [0.29, 0.717) is 26.2 Å². The van der Waals surface area contributed by atoms with Crippen molar-refractivity contribution in [1.82, 2.24) is 13.9 Å². The predicted octanol–water partition coefficient (Wildman–Crippen LogP) is -0.590. The van der Waals surface area contributed by atoms with Crippen molar-refractivity contribution in [2.45, 2.75) is 26.8 Å². The van der Waals surface area contributed by atoms with Gasteiger partial charge in [0, 0.05) is 32.2 Å². The van der Waals surface area contributed by atoms with Crippen LogP contribution in [0.15, 0.2) is 0 Å². The molecule has 0 radical (unpaired) electrons. The first kappa shape index (κ1) is 16.4. The lowest BCUT2D eigenvalue weighted by Gasteiger charge is -2.33. The number of hydrogen-bond donors (Lipinski definition) is 1. The maximum atomic E-state index is 12.5. The molecule has 0 aromatic rings. The maximum Gasteiger partial charge on any atom is 0.321 e. The number of rotatable bonds is 6. The number of nitrogens with one attached hydrogen (secondary N) is 1. The van der Waals surface area contributed by atoms with Gasteiger partial charge in [0.1, 0.15) is 6.54 Å². The quantitative estimate of drug-likeness (QED) is 0.662. The van der Waals surface area contributed by atoms with Crippen molar-refractivity contribution < 1.29 is 17.9 Å². The average Bonchev–Trinajstić information content (AvgIpc) is 2.37. The monoisotopic (exact) mass is 293 g/mol. The van der Waals surface area contributed by atoms with Crippen molar-refractivity contribution in [2.24, 2.45) is 0 Å². The van der Waals surface area contributed by atoms with Crippen molar-refractivity contribution >= 4 is 16.2 Å². The van der Waals surface area contributed by atoms with Crippen LogP contribution < -0.4 is 5.32 Å². The van der Waals surface area contributed by atoms with Gasteiger partial charge in [-0.1, -0.05) is 0 Å². The molecule has 1 heterocycles. The highest BCUT2D eigenvalue weighted by atomic mass is 32.2. The van der Waals surface area contributed by atoms with E-state index in [4.69, 9.17) is 4.74 Å². The first-order chi connectivity index (χ1) is 8.89. The van der Waals surface area contributed by atoms with Gasteiger partial charge in [0.15, 0.2) is 0 Å². The summed E-state index contributed by atoms with van der Waals surface area (Å²) in [4.78, 5) is 11.5. The van der Waals surface area contributed by atoms with E-state index in [-0.39, 0.29) is 19.2 Å². The van der Waals surface area contributed by atoms with Crippen LogP contribution in [0.25, 0.3) is 0 Å². The molecule has 0 atom stereocenters. The highest BCUT2D eigenvalue weighted by Gasteiger charge is 2.33. The summed E-state index contributed by atoms with van der Waals surface area (Å²) in [5, 5.41) is 3.10. The summed E-state index contributed by atoms with van der Waals surface area (Å²) in [5.74, 6) is -0.519. The Kier molecular flexibility index (Phi) is 6.18. The molecular formula is C11H23N3O4S. The van der Waals surface area contributed by atoms with Gasteiger partial charge in [0.25, 0.3) is 10.2 Å². The van der Waals surface area contributed by atoms with Gasteiger partial charge in [0.2, 0.25) is 0 Å². The smallest absolute Gasteiger partial charge is 0.321 e. The largest absolute Gasteiger partial charge is 0.465 e. The van der Waals surface area contributed by atoms with Crippen LogP contribution in [0.2, 0.25) is 0 Å². The third-order valence-corrected chi connectivity index (χ3v) is 5.03. The molecule has 0 unspecified atom stereocenters. The predicted molar refractivity (Wildman–Crippen MR) is 71.8 cm³/mol. The third kappa shape index (κ3) is 4.41. The van der Waals surface area contributed by atoms with E-state index in [1.807, 2.05) is 0 Å². The zero-order valence-electron chi connectivity index (χ0n) is 11.8. The summed E-state index contributed by atoms with van der Waals surface area (Å²) in [5.41, 5.74) is 0. The molecule has 0 aliphatic carbocycles. The molecular weight excluding hydrogens is 270 g/mol. The first-order valence-corrected chi connectivity index (χ1v) is 7.92. The van der Waals surface area contributed by atoms with Gasteiger partial charge < -0.3 is 10.1 Å². The van der Waals surface area contributed by atoms with E-state index < -0.39 is 16.2 Å². The van der Waals surface area contributed by atoms with Gasteiger partial charge in [-0.2, -0.15) is 17.0 Å². The lowest BCUT2D eigenvalue weighted by atomic mass is 10.4. The second-order valence-electron chi connectivity index (χ2n) is 4.60. The minimum Gasteiger partial charge on any atom is -0.465 e. The second-order valence-corrected chi connectivity index (χ2v) is 6.48. The van der Waals surface area contributed by atoms with E-state index in [0.717, 1.165) is 0 Å². The Morgan fingerprint density at radius 2 is 1.95 bits per heavy atom. The van der Waals surface area contributed by atoms with Crippen molar-refractivity contribution in [3.05, 3.63) is 0 Å². The van der Waals surface area contributed by atoms with Crippen LogP contribution in [0.5, 0.6) is 0 Å². The van der Waals surface area contributed by atoms with Gasteiger partial charge in [-0.25, -0.2) is 0 Å². The Bertz CT molecular complexity index is 391. The van der Waals surface area contributed by atoms with Gasteiger partial charge in [-0.3, -0.25) is 4.79 Å². The molecule has 0 aromatic heterocycles. The summed E-state index contributed by atoms with van der Waals surface area (Å²) in [6.45, 7) is 7.31. The summed E-state index contributed by atoms with van der Waals surface area (Å²) in [7, 11) is -3.61. The number of nitrogens with zero attached hydrogens (tertiary/aromatic N) is 2. The number of carbonyl (C=O) groups excluding carboxylic acids is 1. The van der Waals surface area contributed by atoms with Gasteiger partial charge in [-0.15, -0.1) is 0 Å². The number of hydrogen-bond acceptors (Lipinski definition) is 5. The highest BCUT2D eigenvalue weighted by molar-refractivity contribution is 7.86. The molecule has 1 fully saturated rings. The molecule has 0 spiro atoms. The summed E-state index contributed by atoms with van der Waals surface area (Å²) in [6, 6.07) is -0.288. The summed E-state index contributed by atoms with van der Waals surface area (Å²) >= 11 is 0. The van der Waals surface area contributed by atoms with E-state index in [9.17, 15) is 13.2 Å². The fraction of sp³-hybridized carbons (Fsp3) is 0.909. The Labute approximate surface area is 115 Å². The minimum absolute atomic E-state index is 0.238. The molecule has 1 aliphatic rings. The average molecular weight is 293 g/mol. The van der Waals surface area contributed by atoms with Crippen molar-refractivity contribution in [3.63, 3.8) is 0 Å². The molecule has 0 bridgehead atoms. The van der Waals surface area contributed by atoms with Crippen LogP contribution in [0, 0.1) is 0 Å². The zero-order chi connectivity index (χ0) is 14.5. The van der Waals surface area contributed by atoms with Crippen LogP contribution in [0.4, 0.5) is 0 Å². The van der Waals surface area contributed by atoms with Crippen LogP contribution in [0.1, 0.15) is 20.8 Å². The fourth-order valence-electron chi connectivity index (χ4n) is 1.89. The lowest BCUT2D eigenvalue weighted by molar-refractivity contribution is -0.143. The van der Waals surface area contributed by atoms with E-state index in [1.165, 1.54) is 8.61 Å². The van der Waals surface area contributed by atoms with E-state index in [1.54, 1.807) is 20.8 Å². The standard InChI is InChI=1S/C11H23N3O4S/c1-4-18-11(15)9-14(10(2)3)19(16,17)13-7-5-12-6-8-13/h10,12H,4-9H2,1-3H3. The number of esters is 1. The SMILES string of the molecule is CCOC(=O)CN(C(C)C)S(=O)(=O)N1CCNCC1. The zero-order valence-corrected chi connectivity index (χ0v) is 12.6. The van der Waals surface area contributed by atoms with Gasteiger partial charge in [-0.05, 0) is 20.8 Å². The molecule has 112 valence electrons. The Morgan fingerprint density at radius 3 is 2.42 bits per heavy atom. The number of carbonyl (C=O) groups is 1. The fourth-order valence-corrected chi connectivity index (χ4v) is 3.63. The molecule has 0 aromatic carbocycles. The topological polar surface area (TPSA) is 79.0 Å². The molecule has 1 rings (SSSR count). The van der Waals surface area contributed by atoms with Crippen LogP contribution in [0.3, 0.4) is 0 Å². The molecule has 1 saturated heterocycles. The Hall–Kier alpha value is -0.700. The van der Waals surface area contributed by atoms with Crippen LogP contribution >= 0.6 is 0 Å². The number of piperazine rings is 1. The lowest BCUT2D eigenvalue weighted by Crippen LogP contribution is -2.54. The minimum atomic E-state index is -3.61. The molecule has 7 nitrogen and oxygen atoms in total. The third-order valence-electron chi connectivity index (χ3n) is 2.86. The summed E-state index contributed by atoms with van der Waals surface area (Å²) in [6.07, 6.45) is 0. The van der Waals surface area contributed by atoms with Gasteiger partial charge in [0.05, 0.1) is 6.61 Å². The van der Waals surface area contributed by atoms with Crippen LogP contribution in [-0.4, -0.2) is 68.4 Å². The van der Waals surface area contributed by atoms with Gasteiger partial charge >= 0.3 is 5.97 Å². The molecule has 8 heteroatoms. The first-order valence-electron chi connectivity index (χ1n) is 6.52. The van der Waals surface area contributed by atoms with Crippen molar-refractivity contribution in [2.75, 3.05) is 39.3 Å². The molecule has 1 N–H and O–H groups in total. The molecule has 19 heavy (non-hydrogen) atoms. The molecule has 0 saturated carbocycles. The Balaban J connectivity index is 2.81. The molecule has 0 amide bonds. The Morgan fingerprint density at radius 1 is 1.37 bits per heavy atom. The second kappa shape index (κ2) is 7.18. The molecule has 1 aliphatic heterocycles.